The number of sulfone groups is 1. The average Bonchev–Trinajstić information content (AvgIpc) is 2.87. The van der Waals surface area contributed by atoms with Gasteiger partial charge in [-0.15, -0.1) is 0 Å². The highest BCUT2D eigenvalue weighted by Crippen LogP contribution is 2.24. The topological polar surface area (TPSA) is 117 Å². The predicted octanol–water partition coefficient (Wildman–Crippen LogP) is 2.83. The van der Waals surface area contributed by atoms with Crippen LogP contribution in [0.2, 0.25) is 0 Å². The smallest absolute Gasteiger partial charge is 0.264 e. The standard InChI is InChI=1S/C25H29N3O6S/c1-25(35(2,31)32,24(30)27-34-22-10-6-7-15-33-22)13-14-28-17-26-21-16-19(11-12-20(21)23(28)29)18-8-4-3-5-9-18/h3-5,8-9,11-12,16-17,22H,6-7,10,13-15H2,1-2H3,(H,27,30). The third-order valence-corrected chi connectivity index (χ3v) is 8.51. The zero-order valence-corrected chi connectivity index (χ0v) is 20.6. The summed E-state index contributed by atoms with van der Waals surface area (Å²) in [5.41, 5.74) is 4.43. The summed E-state index contributed by atoms with van der Waals surface area (Å²) in [6, 6.07) is 15.2. The molecule has 2 heterocycles. The Bertz CT molecular complexity index is 1370. The van der Waals surface area contributed by atoms with E-state index in [-0.39, 0.29) is 18.5 Å². The zero-order chi connectivity index (χ0) is 25.1. The van der Waals surface area contributed by atoms with Crippen molar-refractivity contribution in [3.63, 3.8) is 0 Å². The monoisotopic (exact) mass is 499 g/mol. The van der Waals surface area contributed by atoms with Crippen LogP contribution in [0.1, 0.15) is 32.6 Å². The van der Waals surface area contributed by atoms with Crippen molar-refractivity contribution in [1.82, 2.24) is 15.0 Å². The van der Waals surface area contributed by atoms with Crippen LogP contribution < -0.4 is 11.0 Å². The van der Waals surface area contributed by atoms with Crippen molar-refractivity contribution in [2.24, 2.45) is 0 Å². The highest BCUT2D eigenvalue weighted by atomic mass is 32.2. The van der Waals surface area contributed by atoms with Crippen molar-refractivity contribution in [2.75, 3.05) is 12.9 Å². The van der Waals surface area contributed by atoms with Gasteiger partial charge in [-0.1, -0.05) is 36.4 Å². The van der Waals surface area contributed by atoms with Crippen LogP contribution in [0, 0.1) is 0 Å². The fourth-order valence-electron chi connectivity index (χ4n) is 3.96. The SMILES string of the molecule is CC(CCn1cnc2cc(-c3ccccc3)ccc2c1=O)(C(=O)NOC1CCCCO1)S(C)(=O)=O. The second-order valence-electron chi connectivity index (χ2n) is 8.94. The van der Waals surface area contributed by atoms with E-state index in [9.17, 15) is 18.0 Å². The molecule has 0 radical (unpaired) electrons. The fourth-order valence-corrected chi connectivity index (χ4v) is 4.80. The van der Waals surface area contributed by atoms with Gasteiger partial charge in [-0.2, -0.15) is 0 Å². The van der Waals surface area contributed by atoms with Gasteiger partial charge in [0.25, 0.3) is 11.5 Å². The number of amides is 1. The molecule has 1 aliphatic rings. The Kier molecular flexibility index (Phi) is 7.34. The summed E-state index contributed by atoms with van der Waals surface area (Å²) in [7, 11) is -3.85. The van der Waals surface area contributed by atoms with Gasteiger partial charge in [0.1, 0.15) is 0 Å². The van der Waals surface area contributed by atoms with Crippen LogP contribution in [0.4, 0.5) is 0 Å². The lowest BCUT2D eigenvalue weighted by molar-refractivity contribution is -0.201. The third kappa shape index (κ3) is 5.44. The molecule has 0 aliphatic carbocycles. The molecule has 1 fully saturated rings. The largest absolute Gasteiger partial charge is 0.350 e. The Balaban J connectivity index is 1.52. The van der Waals surface area contributed by atoms with E-state index in [1.165, 1.54) is 17.8 Å². The van der Waals surface area contributed by atoms with Crippen LogP contribution >= 0.6 is 0 Å². The number of benzene rings is 2. The lowest BCUT2D eigenvalue weighted by atomic mass is 10.0. The number of carbonyl (C=O) groups is 1. The zero-order valence-electron chi connectivity index (χ0n) is 19.8. The van der Waals surface area contributed by atoms with E-state index in [1.807, 2.05) is 42.5 Å². The van der Waals surface area contributed by atoms with E-state index in [0.29, 0.717) is 23.9 Å². The summed E-state index contributed by atoms with van der Waals surface area (Å²) in [6.07, 6.45) is 4.06. The number of nitrogens with zero attached hydrogens (tertiary/aromatic N) is 2. The molecule has 1 saturated heterocycles. The van der Waals surface area contributed by atoms with Crippen LogP contribution in [-0.4, -0.2) is 47.8 Å². The van der Waals surface area contributed by atoms with Crippen LogP contribution in [0.3, 0.4) is 0 Å². The minimum Gasteiger partial charge on any atom is -0.350 e. The first-order valence-electron chi connectivity index (χ1n) is 11.5. The van der Waals surface area contributed by atoms with Gasteiger partial charge in [-0.25, -0.2) is 23.7 Å². The summed E-state index contributed by atoms with van der Waals surface area (Å²) in [5, 5.41) is 0.412. The Morgan fingerprint density at radius 2 is 1.97 bits per heavy atom. The number of hydrogen-bond acceptors (Lipinski definition) is 7. The molecule has 1 N–H and O–H groups in total. The summed E-state index contributed by atoms with van der Waals surface area (Å²) in [4.78, 5) is 35.7. The van der Waals surface area contributed by atoms with E-state index in [1.54, 1.807) is 6.07 Å². The Labute approximate surface area is 204 Å². The highest BCUT2D eigenvalue weighted by Gasteiger charge is 2.44. The molecular formula is C25H29N3O6S. The minimum absolute atomic E-state index is 0.0148. The second-order valence-corrected chi connectivity index (χ2v) is 11.4. The van der Waals surface area contributed by atoms with Gasteiger partial charge < -0.3 is 4.74 Å². The van der Waals surface area contributed by atoms with Gasteiger partial charge in [0, 0.05) is 25.8 Å². The normalized spacial score (nSPS) is 18.2. The van der Waals surface area contributed by atoms with Crippen molar-refractivity contribution >= 4 is 26.6 Å². The van der Waals surface area contributed by atoms with Gasteiger partial charge >= 0.3 is 0 Å². The molecule has 0 spiro atoms. The number of aromatic nitrogens is 2. The Morgan fingerprint density at radius 3 is 2.66 bits per heavy atom. The predicted molar refractivity (Wildman–Crippen MR) is 132 cm³/mol. The first kappa shape index (κ1) is 25.0. The molecular weight excluding hydrogens is 470 g/mol. The lowest BCUT2D eigenvalue weighted by Crippen LogP contribution is -2.51. The third-order valence-electron chi connectivity index (χ3n) is 6.48. The number of ether oxygens (including phenoxy) is 1. The summed E-state index contributed by atoms with van der Waals surface area (Å²) >= 11 is 0. The van der Waals surface area contributed by atoms with Crippen molar-refractivity contribution in [3.05, 3.63) is 65.2 Å². The van der Waals surface area contributed by atoms with Crippen molar-refractivity contribution < 1.29 is 22.8 Å². The van der Waals surface area contributed by atoms with Crippen LogP contribution in [0.5, 0.6) is 0 Å². The van der Waals surface area contributed by atoms with E-state index in [0.717, 1.165) is 30.2 Å². The maximum Gasteiger partial charge on any atom is 0.264 e. The van der Waals surface area contributed by atoms with Crippen LogP contribution in [-0.2, 0) is 30.8 Å². The van der Waals surface area contributed by atoms with E-state index in [2.05, 4.69) is 10.5 Å². The van der Waals surface area contributed by atoms with Crippen molar-refractivity contribution in [3.8, 4) is 11.1 Å². The first-order chi connectivity index (χ1) is 16.7. The molecule has 1 aromatic heterocycles. The molecule has 1 aliphatic heterocycles. The molecule has 9 nitrogen and oxygen atoms in total. The molecule has 2 atom stereocenters. The second kappa shape index (κ2) is 10.3. The average molecular weight is 500 g/mol. The first-order valence-corrected chi connectivity index (χ1v) is 13.4. The van der Waals surface area contributed by atoms with Gasteiger partial charge in [0.15, 0.2) is 20.9 Å². The summed E-state index contributed by atoms with van der Waals surface area (Å²) < 4.78 is 30.1. The van der Waals surface area contributed by atoms with E-state index >= 15 is 0 Å². The van der Waals surface area contributed by atoms with Crippen LogP contribution in [0.25, 0.3) is 22.0 Å². The van der Waals surface area contributed by atoms with Gasteiger partial charge in [-0.05, 0) is 49.4 Å². The van der Waals surface area contributed by atoms with Gasteiger partial charge in [0.2, 0.25) is 0 Å². The maximum absolute atomic E-state index is 13.1. The highest BCUT2D eigenvalue weighted by molar-refractivity contribution is 7.92. The van der Waals surface area contributed by atoms with Gasteiger partial charge in [-0.3, -0.25) is 14.2 Å². The number of nitrogens with one attached hydrogen (secondary N) is 1. The summed E-state index contributed by atoms with van der Waals surface area (Å²) in [6.45, 7) is 1.84. The maximum atomic E-state index is 13.1. The van der Waals surface area contributed by atoms with Crippen molar-refractivity contribution in [2.45, 2.75) is 50.2 Å². The number of hydroxylamine groups is 1. The number of carbonyl (C=O) groups excluding carboxylic acids is 1. The van der Waals surface area contributed by atoms with Gasteiger partial charge in [0.05, 0.1) is 17.2 Å². The Morgan fingerprint density at radius 1 is 1.20 bits per heavy atom. The molecule has 0 bridgehead atoms. The molecule has 2 aromatic carbocycles. The molecule has 186 valence electrons. The molecule has 1 amide bonds. The number of fused-ring (bicyclic) bond motifs is 1. The minimum atomic E-state index is -3.85. The molecule has 10 heteroatoms. The number of aryl methyl sites for hydroxylation is 1. The molecule has 2 unspecified atom stereocenters. The molecule has 0 saturated carbocycles. The lowest BCUT2D eigenvalue weighted by Gasteiger charge is -2.28. The van der Waals surface area contributed by atoms with Crippen LogP contribution in [0.15, 0.2) is 59.7 Å². The molecule has 4 rings (SSSR count). The summed E-state index contributed by atoms with van der Waals surface area (Å²) in [5.74, 6) is -0.802. The number of hydrogen-bond donors (Lipinski definition) is 1. The van der Waals surface area contributed by atoms with E-state index in [4.69, 9.17) is 9.57 Å². The number of rotatable bonds is 8. The van der Waals surface area contributed by atoms with E-state index < -0.39 is 26.8 Å². The fraction of sp³-hybridized carbons (Fsp3) is 0.400. The molecule has 35 heavy (non-hydrogen) atoms. The quantitative estimate of drug-likeness (QED) is 0.474. The van der Waals surface area contributed by atoms with Crippen molar-refractivity contribution in [1.29, 1.82) is 0 Å². The molecule has 3 aromatic rings. The Hall–Kier alpha value is -3.08.